The van der Waals surface area contributed by atoms with E-state index >= 15 is 0 Å². The van der Waals surface area contributed by atoms with Crippen LogP contribution in [0.15, 0.2) is 24.4 Å². The normalized spacial score (nSPS) is 9.94. The maximum absolute atomic E-state index is 11.3. The molecule has 0 amide bonds. The first-order valence-electron chi connectivity index (χ1n) is 5.35. The largest absolute Gasteiger partial charge is 0.350 e. The van der Waals surface area contributed by atoms with Gasteiger partial charge in [-0.05, 0) is 39.2 Å². The minimum absolute atomic E-state index is 0.0675. The standard InChI is InChI=1S/C11H10ClNO.C2H7N/c1-7(14)10-6-13(2)11-4-3-8(12)5-9(10)11;1-3-2/h3-6H,1-2H3;3H,1-2H3. The highest BCUT2D eigenvalue weighted by Gasteiger charge is 2.09. The minimum Gasteiger partial charge on any atom is -0.350 e. The molecule has 0 unspecified atom stereocenters. The Morgan fingerprint density at radius 1 is 1.35 bits per heavy atom. The van der Waals surface area contributed by atoms with Gasteiger partial charge in [-0.25, -0.2) is 0 Å². The molecule has 0 aliphatic rings. The van der Waals surface area contributed by atoms with Gasteiger partial charge in [-0.2, -0.15) is 0 Å². The van der Waals surface area contributed by atoms with E-state index in [1.54, 1.807) is 6.92 Å². The van der Waals surface area contributed by atoms with Crippen molar-refractivity contribution in [1.82, 2.24) is 9.88 Å². The van der Waals surface area contributed by atoms with E-state index in [9.17, 15) is 4.79 Å². The van der Waals surface area contributed by atoms with Gasteiger partial charge in [0.15, 0.2) is 5.78 Å². The second-order valence-electron chi connectivity index (χ2n) is 3.87. The molecule has 0 radical (unpaired) electrons. The second-order valence-corrected chi connectivity index (χ2v) is 4.31. The number of Topliss-reactive ketones (excluding diaryl/α,β-unsaturated/α-hetero) is 1. The van der Waals surface area contributed by atoms with E-state index < -0.39 is 0 Å². The Kier molecular flexibility index (Phi) is 4.73. The van der Waals surface area contributed by atoms with Crippen LogP contribution >= 0.6 is 11.6 Å². The lowest BCUT2D eigenvalue weighted by Crippen LogP contribution is -1.89. The van der Waals surface area contributed by atoms with E-state index in [1.807, 2.05) is 50.1 Å². The molecule has 1 heterocycles. The summed E-state index contributed by atoms with van der Waals surface area (Å²) in [5.41, 5.74) is 1.75. The Balaban J connectivity index is 0.000000437. The fourth-order valence-electron chi connectivity index (χ4n) is 1.64. The van der Waals surface area contributed by atoms with Gasteiger partial charge in [-0.1, -0.05) is 11.6 Å². The molecule has 0 aliphatic carbocycles. The number of hydrogen-bond donors (Lipinski definition) is 1. The van der Waals surface area contributed by atoms with E-state index in [4.69, 9.17) is 11.6 Å². The molecule has 1 N–H and O–H groups in total. The molecule has 1 aromatic heterocycles. The van der Waals surface area contributed by atoms with Crippen LogP contribution in [0.5, 0.6) is 0 Å². The van der Waals surface area contributed by atoms with Crippen molar-refractivity contribution in [3.8, 4) is 0 Å². The average Bonchev–Trinajstić information content (AvgIpc) is 2.57. The summed E-state index contributed by atoms with van der Waals surface area (Å²) in [5, 5.41) is 4.33. The zero-order chi connectivity index (χ0) is 13.0. The van der Waals surface area contributed by atoms with Gasteiger partial charge in [0, 0.05) is 34.7 Å². The second kappa shape index (κ2) is 5.84. The number of nitrogens with zero attached hydrogens (tertiary/aromatic N) is 1. The van der Waals surface area contributed by atoms with Gasteiger partial charge >= 0.3 is 0 Å². The number of nitrogens with one attached hydrogen (secondary N) is 1. The van der Waals surface area contributed by atoms with Crippen molar-refractivity contribution in [3.63, 3.8) is 0 Å². The molecule has 92 valence electrons. The van der Waals surface area contributed by atoms with Crippen LogP contribution in [0.3, 0.4) is 0 Å². The summed E-state index contributed by atoms with van der Waals surface area (Å²) in [5.74, 6) is 0.0675. The first-order chi connectivity index (χ1) is 8.01. The number of ketones is 1. The Labute approximate surface area is 106 Å². The number of aromatic nitrogens is 1. The highest BCUT2D eigenvalue weighted by molar-refractivity contribution is 6.31. The van der Waals surface area contributed by atoms with Crippen molar-refractivity contribution in [1.29, 1.82) is 0 Å². The monoisotopic (exact) mass is 252 g/mol. The zero-order valence-corrected chi connectivity index (χ0v) is 11.3. The van der Waals surface area contributed by atoms with Gasteiger partial charge in [0.25, 0.3) is 0 Å². The van der Waals surface area contributed by atoms with Crippen LogP contribution in [0.2, 0.25) is 5.02 Å². The lowest BCUT2D eigenvalue weighted by molar-refractivity contribution is 0.101. The third kappa shape index (κ3) is 3.08. The van der Waals surface area contributed by atoms with Crippen LogP contribution in [0.25, 0.3) is 10.9 Å². The van der Waals surface area contributed by atoms with Crippen LogP contribution in [-0.2, 0) is 7.05 Å². The molecule has 0 bridgehead atoms. The number of hydrogen-bond acceptors (Lipinski definition) is 2. The Bertz CT molecular complexity index is 531. The number of rotatable bonds is 1. The summed E-state index contributed by atoms with van der Waals surface area (Å²) in [7, 11) is 5.67. The third-order valence-corrected chi connectivity index (χ3v) is 2.57. The topological polar surface area (TPSA) is 34.0 Å². The third-order valence-electron chi connectivity index (χ3n) is 2.33. The van der Waals surface area contributed by atoms with E-state index in [2.05, 4.69) is 5.32 Å². The Hall–Kier alpha value is -1.32. The first-order valence-corrected chi connectivity index (χ1v) is 5.73. The Morgan fingerprint density at radius 3 is 2.47 bits per heavy atom. The number of halogens is 1. The highest BCUT2D eigenvalue weighted by atomic mass is 35.5. The lowest BCUT2D eigenvalue weighted by atomic mass is 10.1. The molecule has 0 spiro atoms. The van der Waals surface area contributed by atoms with E-state index in [1.165, 1.54) is 0 Å². The summed E-state index contributed by atoms with van der Waals surface area (Å²) < 4.78 is 1.93. The molecule has 1 aromatic carbocycles. The van der Waals surface area contributed by atoms with Crippen LogP contribution in [0.1, 0.15) is 17.3 Å². The summed E-state index contributed by atoms with van der Waals surface area (Å²) in [4.78, 5) is 11.3. The minimum atomic E-state index is 0.0675. The van der Waals surface area contributed by atoms with Gasteiger partial charge in [-0.15, -0.1) is 0 Å². The fourth-order valence-corrected chi connectivity index (χ4v) is 1.82. The molecule has 0 saturated heterocycles. The summed E-state index contributed by atoms with van der Waals surface area (Å²) in [6.45, 7) is 1.57. The molecule has 2 rings (SSSR count). The Morgan fingerprint density at radius 2 is 1.94 bits per heavy atom. The van der Waals surface area contributed by atoms with Gasteiger partial charge in [0.05, 0.1) is 0 Å². The fraction of sp³-hybridized carbons (Fsp3) is 0.308. The van der Waals surface area contributed by atoms with Crippen molar-refractivity contribution in [2.45, 2.75) is 6.92 Å². The van der Waals surface area contributed by atoms with Crippen LogP contribution in [0.4, 0.5) is 0 Å². The molecule has 3 nitrogen and oxygen atoms in total. The number of carbonyl (C=O) groups excluding carboxylic acids is 1. The van der Waals surface area contributed by atoms with Crippen LogP contribution in [-0.4, -0.2) is 24.4 Å². The molecule has 4 heteroatoms. The molecular weight excluding hydrogens is 236 g/mol. The van der Waals surface area contributed by atoms with Gasteiger partial charge in [0.2, 0.25) is 0 Å². The molecule has 17 heavy (non-hydrogen) atoms. The highest BCUT2D eigenvalue weighted by Crippen LogP contribution is 2.24. The quantitative estimate of drug-likeness (QED) is 0.792. The predicted molar refractivity (Wildman–Crippen MR) is 72.9 cm³/mol. The number of fused-ring (bicyclic) bond motifs is 1. The van der Waals surface area contributed by atoms with Crippen molar-refractivity contribution in [3.05, 3.63) is 35.0 Å². The van der Waals surface area contributed by atoms with Crippen molar-refractivity contribution in [2.24, 2.45) is 7.05 Å². The SMILES string of the molecule is CC(=O)c1cn(C)c2ccc(Cl)cc12.CNC. The van der Waals surface area contributed by atoms with Crippen LogP contribution in [0, 0.1) is 0 Å². The molecule has 0 aliphatic heterocycles. The number of carbonyl (C=O) groups is 1. The van der Waals surface area contributed by atoms with Crippen molar-refractivity contribution < 1.29 is 4.79 Å². The summed E-state index contributed by atoms with van der Waals surface area (Å²) >= 11 is 5.88. The molecule has 0 atom stereocenters. The molecule has 0 saturated carbocycles. The molecule has 0 fully saturated rings. The maximum atomic E-state index is 11.3. The van der Waals surface area contributed by atoms with Crippen molar-refractivity contribution in [2.75, 3.05) is 14.1 Å². The van der Waals surface area contributed by atoms with Crippen molar-refractivity contribution >= 4 is 28.3 Å². The van der Waals surface area contributed by atoms with E-state index in [0.29, 0.717) is 5.02 Å². The summed E-state index contributed by atoms with van der Waals surface area (Å²) in [6.07, 6.45) is 1.84. The summed E-state index contributed by atoms with van der Waals surface area (Å²) in [6, 6.07) is 5.57. The molecular formula is C13H17ClN2O. The van der Waals surface area contributed by atoms with Gasteiger partial charge in [0.1, 0.15) is 0 Å². The van der Waals surface area contributed by atoms with Gasteiger partial charge < -0.3 is 9.88 Å². The maximum Gasteiger partial charge on any atom is 0.161 e. The average molecular weight is 253 g/mol. The lowest BCUT2D eigenvalue weighted by Gasteiger charge is -1.95. The van der Waals surface area contributed by atoms with E-state index in [0.717, 1.165) is 16.5 Å². The number of benzene rings is 1. The number of aryl methyl sites for hydroxylation is 1. The smallest absolute Gasteiger partial charge is 0.161 e. The van der Waals surface area contributed by atoms with Gasteiger partial charge in [-0.3, -0.25) is 4.79 Å². The van der Waals surface area contributed by atoms with Crippen LogP contribution < -0.4 is 5.32 Å². The zero-order valence-electron chi connectivity index (χ0n) is 10.5. The molecule has 2 aromatic rings. The van der Waals surface area contributed by atoms with E-state index in [-0.39, 0.29) is 5.78 Å². The first kappa shape index (κ1) is 13.7. The predicted octanol–water partition coefficient (Wildman–Crippen LogP) is 2.87.